The number of nitrogens with two attached hydrogens (primary N) is 1. The largest absolute Gasteiger partial charge is 0.324 e. The summed E-state index contributed by atoms with van der Waals surface area (Å²) in [5, 5.41) is 0. The third kappa shape index (κ3) is 2.24. The molecule has 0 saturated heterocycles. The zero-order valence-corrected chi connectivity index (χ0v) is 6.96. The minimum absolute atomic E-state index is 0.134. The van der Waals surface area contributed by atoms with E-state index in [9.17, 15) is 0 Å². The third-order valence-corrected chi connectivity index (χ3v) is 1.66. The molecule has 11 heavy (non-hydrogen) atoms. The van der Waals surface area contributed by atoms with Crippen LogP contribution >= 0.6 is 0 Å². The lowest BCUT2D eigenvalue weighted by Crippen LogP contribution is -2.19. The first kappa shape index (κ1) is 8.08. The van der Waals surface area contributed by atoms with Crippen molar-refractivity contribution in [2.45, 2.75) is 13.8 Å². The quantitative estimate of drug-likeness (QED) is 0.439. The van der Waals surface area contributed by atoms with E-state index in [-0.39, 0.29) is 5.41 Å². The fourth-order valence-corrected chi connectivity index (χ4v) is 0.912. The summed E-state index contributed by atoms with van der Waals surface area (Å²) < 4.78 is 0. The highest BCUT2D eigenvalue weighted by Gasteiger charge is 2.09. The van der Waals surface area contributed by atoms with Gasteiger partial charge in [0.05, 0.1) is 0 Å². The van der Waals surface area contributed by atoms with Crippen LogP contribution in [0.1, 0.15) is 13.8 Å². The SMILES string of the molecule is CC1(C)C=CC=C(NN)C=C1. The van der Waals surface area contributed by atoms with Crippen molar-refractivity contribution in [1.29, 1.82) is 0 Å². The fraction of sp³-hybridized carbons (Fsp3) is 0.333. The number of hydrazine groups is 1. The molecule has 0 fully saturated rings. The first-order valence-corrected chi connectivity index (χ1v) is 3.69. The average Bonchev–Trinajstić information content (AvgIpc) is 2.10. The van der Waals surface area contributed by atoms with Crippen LogP contribution in [0.15, 0.2) is 36.1 Å². The molecule has 0 aromatic rings. The summed E-state index contributed by atoms with van der Waals surface area (Å²) >= 11 is 0. The second kappa shape index (κ2) is 2.93. The van der Waals surface area contributed by atoms with Crippen molar-refractivity contribution < 1.29 is 0 Å². The van der Waals surface area contributed by atoms with Crippen LogP contribution in [0.3, 0.4) is 0 Å². The van der Waals surface area contributed by atoms with Gasteiger partial charge in [-0.25, -0.2) is 0 Å². The topological polar surface area (TPSA) is 38.0 Å². The first-order chi connectivity index (χ1) is 5.14. The molecule has 0 saturated carbocycles. The molecule has 1 aliphatic carbocycles. The van der Waals surface area contributed by atoms with E-state index in [1.165, 1.54) is 0 Å². The van der Waals surface area contributed by atoms with Gasteiger partial charge in [0.15, 0.2) is 0 Å². The van der Waals surface area contributed by atoms with Gasteiger partial charge in [0.25, 0.3) is 0 Å². The van der Waals surface area contributed by atoms with Crippen LogP contribution in [0.4, 0.5) is 0 Å². The Morgan fingerprint density at radius 2 is 2.09 bits per heavy atom. The molecule has 0 aromatic carbocycles. The van der Waals surface area contributed by atoms with Crippen molar-refractivity contribution in [3.05, 3.63) is 36.1 Å². The Labute approximate surface area is 67.4 Å². The number of allylic oxidation sites excluding steroid dienone is 5. The highest BCUT2D eigenvalue weighted by atomic mass is 15.2. The molecule has 60 valence electrons. The van der Waals surface area contributed by atoms with Gasteiger partial charge in [0.1, 0.15) is 0 Å². The molecule has 0 aromatic heterocycles. The minimum Gasteiger partial charge on any atom is -0.324 e. The van der Waals surface area contributed by atoms with Crippen LogP contribution in [0.5, 0.6) is 0 Å². The lowest BCUT2D eigenvalue weighted by Gasteiger charge is -2.12. The molecular weight excluding hydrogens is 136 g/mol. The fourth-order valence-electron chi connectivity index (χ4n) is 0.912. The molecule has 1 aliphatic rings. The van der Waals surface area contributed by atoms with Gasteiger partial charge >= 0.3 is 0 Å². The van der Waals surface area contributed by atoms with Gasteiger partial charge in [-0.2, -0.15) is 0 Å². The van der Waals surface area contributed by atoms with Crippen molar-refractivity contribution in [2.75, 3.05) is 0 Å². The number of rotatable bonds is 1. The van der Waals surface area contributed by atoms with E-state index in [1.807, 2.05) is 18.2 Å². The normalized spacial score (nSPS) is 20.8. The zero-order chi connectivity index (χ0) is 8.32. The van der Waals surface area contributed by atoms with Crippen molar-refractivity contribution in [2.24, 2.45) is 11.3 Å². The predicted octanol–water partition coefficient (Wildman–Crippen LogP) is 1.49. The summed E-state index contributed by atoms with van der Waals surface area (Å²) in [6.45, 7) is 4.29. The van der Waals surface area contributed by atoms with Crippen LogP contribution in [0.2, 0.25) is 0 Å². The maximum atomic E-state index is 5.26. The zero-order valence-electron chi connectivity index (χ0n) is 6.96. The Kier molecular flexibility index (Phi) is 2.15. The Hall–Kier alpha value is -1.02. The highest BCUT2D eigenvalue weighted by molar-refractivity contribution is 5.29. The molecular formula is C9H14N2. The van der Waals surface area contributed by atoms with E-state index in [0.29, 0.717) is 0 Å². The lowest BCUT2D eigenvalue weighted by atomic mass is 9.93. The molecule has 1 rings (SSSR count). The Balaban J connectivity index is 2.83. The van der Waals surface area contributed by atoms with Gasteiger partial charge in [-0.1, -0.05) is 32.1 Å². The van der Waals surface area contributed by atoms with Crippen molar-refractivity contribution in [3.63, 3.8) is 0 Å². The average molecular weight is 150 g/mol. The van der Waals surface area contributed by atoms with Gasteiger partial charge < -0.3 is 5.43 Å². The number of nitrogens with one attached hydrogen (secondary N) is 1. The van der Waals surface area contributed by atoms with Gasteiger partial charge in [-0.3, -0.25) is 5.84 Å². The van der Waals surface area contributed by atoms with Gasteiger partial charge in [0, 0.05) is 11.1 Å². The van der Waals surface area contributed by atoms with E-state index < -0.39 is 0 Å². The van der Waals surface area contributed by atoms with Gasteiger partial charge in [-0.15, -0.1) is 0 Å². The molecule has 0 heterocycles. The molecule has 2 nitrogen and oxygen atoms in total. The van der Waals surface area contributed by atoms with Crippen molar-refractivity contribution >= 4 is 0 Å². The Bertz CT molecular complexity index is 222. The maximum Gasteiger partial charge on any atom is 0.0482 e. The molecule has 0 aliphatic heterocycles. The van der Waals surface area contributed by atoms with Gasteiger partial charge in [-0.05, 0) is 12.2 Å². The molecule has 3 N–H and O–H groups in total. The van der Waals surface area contributed by atoms with Crippen molar-refractivity contribution in [3.8, 4) is 0 Å². The second-order valence-corrected chi connectivity index (χ2v) is 3.28. The molecule has 0 amide bonds. The smallest absolute Gasteiger partial charge is 0.0482 e. The van der Waals surface area contributed by atoms with Crippen LogP contribution in [-0.4, -0.2) is 0 Å². The summed E-state index contributed by atoms with van der Waals surface area (Å²) in [5.74, 6) is 5.26. The van der Waals surface area contributed by atoms with E-state index in [2.05, 4.69) is 31.4 Å². The van der Waals surface area contributed by atoms with Crippen LogP contribution in [0, 0.1) is 5.41 Å². The number of hydrogen-bond acceptors (Lipinski definition) is 2. The molecule has 0 bridgehead atoms. The summed E-state index contributed by atoms with van der Waals surface area (Å²) in [4.78, 5) is 0. The third-order valence-electron chi connectivity index (χ3n) is 1.66. The summed E-state index contributed by atoms with van der Waals surface area (Å²) in [6, 6.07) is 0. The van der Waals surface area contributed by atoms with Crippen LogP contribution in [-0.2, 0) is 0 Å². The number of hydrogen-bond donors (Lipinski definition) is 2. The van der Waals surface area contributed by atoms with Gasteiger partial charge in [0.2, 0.25) is 0 Å². The Morgan fingerprint density at radius 3 is 2.73 bits per heavy atom. The highest BCUT2D eigenvalue weighted by Crippen LogP contribution is 2.21. The summed E-state index contributed by atoms with van der Waals surface area (Å²) in [7, 11) is 0. The maximum absolute atomic E-state index is 5.26. The van der Waals surface area contributed by atoms with Crippen molar-refractivity contribution in [1.82, 2.24) is 5.43 Å². The first-order valence-electron chi connectivity index (χ1n) is 3.69. The Morgan fingerprint density at radius 1 is 1.36 bits per heavy atom. The molecule has 0 spiro atoms. The van der Waals surface area contributed by atoms with Crippen LogP contribution < -0.4 is 11.3 Å². The van der Waals surface area contributed by atoms with E-state index >= 15 is 0 Å². The van der Waals surface area contributed by atoms with E-state index in [1.54, 1.807) is 0 Å². The predicted molar refractivity (Wildman–Crippen MR) is 47.5 cm³/mol. The summed E-state index contributed by atoms with van der Waals surface area (Å²) in [6.07, 6.45) is 10.2. The standard InChI is InChI=1S/C9H14N2/c1-9(2)6-3-4-8(11-10)5-7-9/h3-7,11H,10H2,1-2H3. The summed E-state index contributed by atoms with van der Waals surface area (Å²) in [5.41, 5.74) is 3.68. The monoisotopic (exact) mass is 150 g/mol. The van der Waals surface area contributed by atoms with Crippen LogP contribution in [0.25, 0.3) is 0 Å². The minimum atomic E-state index is 0.134. The second-order valence-electron chi connectivity index (χ2n) is 3.28. The lowest BCUT2D eigenvalue weighted by molar-refractivity contribution is 0.626. The molecule has 0 radical (unpaired) electrons. The van der Waals surface area contributed by atoms with E-state index in [0.717, 1.165) is 5.70 Å². The molecule has 2 heteroatoms. The molecule has 0 atom stereocenters. The molecule has 0 unspecified atom stereocenters. The van der Waals surface area contributed by atoms with E-state index in [4.69, 9.17) is 5.84 Å².